The van der Waals surface area contributed by atoms with Crippen LogP contribution in [0.2, 0.25) is 0 Å². The first-order valence-electron chi connectivity index (χ1n) is 6.63. The fraction of sp³-hybridized carbons (Fsp3) is 0.533. The number of carboxylic acids is 1. The van der Waals surface area contributed by atoms with E-state index in [0.717, 1.165) is 17.7 Å². The van der Waals surface area contributed by atoms with E-state index >= 15 is 0 Å². The minimum atomic E-state index is -0.799. The van der Waals surface area contributed by atoms with Crippen LogP contribution < -0.4 is 0 Å². The van der Waals surface area contributed by atoms with Gasteiger partial charge in [-0.2, -0.15) is 0 Å². The zero-order chi connectivity index (χ0) is 14.6. The van der Waals surface area contributed by atoms with E-state index in [2.05, 4.69) is 4.90 Å². The monoisotopic (exact) mass is 265 g/mol. The van der Waals surface area contributed by atoms with Gasteiger partial charge in [0.2, 0.25) is 0 Å². The number of hydrogen-bond acceptors (Lipinski definition) is 3. The zero-order valence-electron chi connectivity index (χ0n) is 12.1. The van der Waals surface area contributed by atoms with E-state index in [0.29, 0.717) is 0 Å². The zero-order valence-corrected chi connectivity index (χ0v) is 12.1. The number of benzene rings is 1. The van der Waals surface area contributed by atoms with Crippen molar-refractivity contribution in [2.75, 3.05) is 6.54 Å². The van der Waals surface area contributed by atoms with Crippen LogP contribution in [-0.4, -0.2) is 33.7 Å². The Hall–Kier alpha value is -1.55. The molecule has 1 aromatic carbocycles. The van der Waals surface area contributed by atoms with Gasteiger partial charge in [0.1, 0.15) is 5.75 Å². The molecule has 0 heterocycles. The van der Waals surface area contributed by atoms with Gasteiger partial charge in [-0.15, -0.1) is 0 Å². The number of aromatic hydroxyl groups is 1. The van der Waals surface area contributed by atoms with E-state index in [1.54, 1.807) is 6.07 Å². The first kappa shape index (κ1) is 15.5. The molecule has 0 aliphatic carbocycles. The lowest BCUT2D eigenvalue weighted by Gasteiger charge is -2.33. The van der Waals surface area contributed by atoms with Crippen LogP contribution in [0.25, 0.3) is 0 Å². The number of hydrogen-bond donors (Lipinski definition) is 2. The van der Waals surface area contributed by atoms with Crippen LogP contribution in [-0.2, 0) is 4.79 Å². The van der Waals surface area contributed by atoms with E-state index in [4.69, 9.17) is 5.11 Å². The number of phenolic OH excluding ortho intramolecular Hbond substituents is 1. The van der Waals surface area contributed by atoms with Gasteiger partial charge in [0, 0.05) is 17.6 Å². The molecule has 0 radical (unpaired) electrons. The second kappa shape index (κ2) is 6.57. The lowest BCUT2D eigenvalue weighted by molar-refractivity contribution is -0.138. The quantitative estimate of drug-likeness (QED) is 0.830. The Labute approximate surface area is 114 Å². The topological polar surface area (TPSA) is 60.8 Å². The summed E-state index contributed by atoms with van der Waals surface area (Å²) in [4.78, 5) is 12.9. The van der Waals surface area contributed by atoms with Crippen LogP contribution in [0.5, 0.6) is 5.75 Å². The summed E-state index contributed by atoms with van der Waals surface area (Å²) in [7, 11) is 0. The maximum atomic E-state index is 10.8. The van der Waals surface area contributed by atoms with Gasteiger partial charge in [-0.05, 0) is 33.4 Å². The molecule has 0 amide bonds. The van der Waals surface area contributed by atoms with Crippen molar-refractivity contribution in [3.63, 3.8) is 0 Å². The Balaban J connectivity index is 2.97. The third kappa shape index (κ3) is 3.96. The summed E-state index contributed by atoms with van der Waals surface area (Å²) in [5.74, 6) is -0.536. The maximum Gasteiger partial charge on any atom is 0.304 e. The lowest BCUT2D eigenvalue weighted by Crippen LogP contribution is -2.36. The molecule has 0 spiro atoms. The summed E-state index contributed by atoms with van der Waals surface area (Å²) in [6.07, 6.45) is 0.102. The molecule has 1 rings (SSSR count). The molecule has 106 valence electrons. The molecule has 1 aromatic rings. The second-order valence-corrected chi connectivity index (χ2v) is 5.02. The third-order valence-corrected chi connectivity index (χ3v) is 3.53. The highest BCUT2D eigenvalue weighted by Crippen LogP contribution is 2.30. The number of aliphatic carboxylic acids is 1. The van der Waals surface area contributed by atoms with Gasteiger partial charge in [-0.1, -0.05) is 24.6 Å². The van der Waals surface area contributed by atoms with Gasteiger partial charge in [0.25, 0.3) is 0 Å². The van der Waals surface area contributed by atoms with Crippen LogP contribution in [0.4, 0.5) is 0 Å². The van der Waals surface area contributed by atoms with Crippen LogP contribution in [0.1, 0.15) is 44.4 Å². The summed E-state index contributed by atoms with van der Waals surface area (Å²) in [6, 6.07) is 5.42. The highest BCUT2D eigenvalue weighted by molar-refractivity contribution is 5.67. The normalized spacial score (nSPS) is 14.4. The van der Waals surface area contributed by atoms with Crippen LogP contribution in [0, 0.1) is 6.92 Å². The van der Waals surface area contributed by atoms with Crippen LogP contribution in [0.3, 0.4) is 0 Å². The number of carboxylic acid groups (broad SMARTS) is 1. The highest BCUT2D eigenvalue weighted by Gasteiger charge is 2.23. The third-order valence-electron chi connectivity index (χ3n) is 3.53. The molecule has 2 unspecified atom stereocenters. The molecule has 2 atom stereocenters. The molecule has 0 saturated carbocycles. The van der Waals surface area contributed by atoms with Gasteiger partial charge in [0.05, 0.1) is 6.42 Å². The van der Waals surface area contributed by atoms with Gasteiger partial charge >= 0.3 is 5.97 Å². The smallest absolute Gasteiger partial charge is 0.304 e. The van der Waals surface area contributed by atoms with E-state index in [-0.39, 0.29) is 24.3 Å². The van der Waals surface area contributed by atoms with Crippen LogP contribution >= 0.6 is 0 Å². The minimum absolute atomic E-state index is 0.0146. The standard InChI is InChI=1S/C15H23NO3/c1-5-16(11(3)9-15(18)19)12(4)13-8-10(2)6-7-14(13)17/h6-8,11-12,17H,5,9H2,1-4H3,(H,18,19). The highest BCUT2D eigenvalue weighted by atomic mass is 16.4. The number of nitrogens with zero attached hydrogens (tertiary/aromatic N) is 1. The largest absolute Gasteiger partial charge is 0.508 e. The molecule has 0 saturated heterocycles. The molecule has 2 N–H and O–H groups in total. The lowest BCUT2D eigenvalue weighted by atomic mass is 10.0. The molecular formula is C15H23NO3. The Kier molecular flexibility index (Phi) is 5.36. The van der Waals surface area contributed by atoms with Gasteiger partial charge in [-0.3, -0.25) is 9.69 Å². The summed E-state index contributed by atoms with van der Waals surface area (Å²) in [5.41, 5.74) is 1.93. The van der Waals surface area contributed by atoms with Gasteiger partial charge < -0.3 is 10.2 Å². The van der Waals surface area contributed by atoms with Crippen molar-refractivity contribution in [1.29, 1.82) is 0 Å². The number of aryl methyl sites for hydroxylation is 1. The summed E-state index contributed by atoms with van der Waals surface area (Å²) in [5, 5.41) is 18.9. The van der Waals surface area contributed by atoms with Gasteiger partial charge in [0.15, 0.2) is 0 Å². The summed E-state index contributed by atoms with van der Waals surface area (Å²) < 4.78 is 0. The van der Waals surface area contributed by atoms with Crippen molar-refractivity contribution >= 4 is 5.97 Å². The fourth-order valence-corrected chi connectivity index (χ4v) is 2.52. The summed E-state index contributed by atoms with van der Waals surface area (Å²) >= 11 is 0. The van der Waals surface area contributed by atoms with Gasteiger partial charge in [-0.25, -0.2) is 0 Å². The molecular weight excluding hydrogens is 242 g/mol. The van der Waals surface area contributed by atoms with Crippen molar-refractivity contribution < 1.29 is 15.0 Å². The number of carbonyl (C=O) groups is 1. The van der Waals surface area contributed by atoms with E-state index in [1.807, 2.05) is 39.8 Å². The SMILES string of the molecule is CCN(C(C)CC(=O)O)C(C)c1cc(C)ccc1O. The van der Waals surface area contributed by atoms with Crippen molar-refractivity contribution in [1.82, 2.24) is 4.90 Å². The maximum absolute atomic E-state index is 10.8. The summed E-state index contributed by atoms with van der Waals surface area (Å²) in [6.45, 7) is 8.62. The molecule has 19 heavy (non-hydrogen) atoms. The van der Waals surface area contributed by atoms with E-state index < -0.39 is 5.97 Å². The van der Waals surface area contributed by atoms with Crippen molar-refractivity contribution in [2.24, 2.45) is 0 Å². The van der Waals surface area contributed by atoms with Crippen molar-refractivity contribution in [3.05, 3.63) is 29.3 Å². The van der Waals surface area contributed by atoms with Crippen molar-refractivity contribution in [2.45, 2.75) is 46.2 Å². The first-order chi connectivity index (χ1) is 8.86. The van der Waals surface area contributed by atoms with E-state index in [1.165, 1.54) is 0 Å². The fourth-order valence-electron chi connectivity index (χ4n) is 2.52. The van der Waals surface area contributed by atoms with Crippen LogP contribution in [0.15, 0.2) is 18.2 Å². The Bertz CT molecular complexity index is 445. The molecule has 4 heteroatoms. The minimum Gasteiger partial charge on any atom is -0.508 e. The predicted octanol–water partition coefficient (Wildman–Crippen LogP) is 2.95. The molecule has 0 aliphatic rings. The molecule has 4 nitrogen and oxygen atoms in total. The second-order valence-electron chi connectivity index (χ2n) is 5.02. The average molecular weight is 265 g/mol. The Morgan fingerprint density at radius 1 is 1.37 bits per heavy atom. The Morgan fingerprint density at radius 3 is 2.53 bits per heavy atom. The van der Waals surface area contributed by atoms with E-state index in [9.17, 15) is 9.90 Å². The predicted molar refractivity (Wildman–Crippen MR) is 75.4 cm³/mol. The Morgan fingerprint density at radius 2 is 2.00 bits per heavy atom. The molecule has 0 bridgehead atoms. The molecule has 0 fully saturated rings. The molecule has 0 aromatic heterocycles. The first-order valence-corrected chi connectivity index (χ1v) is 6.63. The average Bonchev–Trinajstić information content (AvgIpc) is 2.32. The number of rotatable bonds is 6. The number of phenols is 1. The molecule has 0 aliphatic heterocycles. The van der Waals surface area contributed by atoms with Crippen molar-refractivity contribution in [3.8, 4) is 5.75 Å².